The molecule has 2 heterocycles. The van der Waals surface area contributed by atoms with E-state index in [0.717, 1.165) is 12.3 Å². The summed E-state index contributed by atoms with van der Waals surface area (Å²) < 4.78 is 37.5. The summed E-state index contributed by atoms with van der Waals surface area (Å²) in [5.74, 6) is 0.890. The summed E-state index contributed by atoms with van der Waals surface area (Å²) in [7, 11) is 0. The highest BCUT2D eigenvalue weighted by atomic mass is 19.4. The van der Waals surface area contributed by atoms with E-state index in [-0.39, 0.29) is 12.0 Å². The van der Waals surface area contributed by atoms with Gasteiger partial charge < -0.3 is 5.32 Å². The van der Waals surface area contributed by atoms with Crippen LogP contribution in [0, 0.1) is 5.92 Å². The highest BCUT2D eigenvalue weighted by Gasteiger charge is 2.30. The Morgan fingerprint density at radius 2 is 1.77 bits per heavy atom. The Labute approximate surface area is 126 Å². The Bertz CT molecular complexity index is 582. The fraction of sp³-hybridized carbons (Fsp3) is 0.400. The first-order valence-corrected chi connectivity index (χ1v) is 6.90. The van der Waals surface area contributed by atoms with Gasteiger partial charge in [0, 0.05) is 25.1 Å². The van der Waals surface area contributed by atoms with Crippen molar-refractivity contribution in [2.75, 3.05) is 0 Å². The van der Waals surface area contributed by atoms with Gasteiger partial charge in [-0.3, -0.25) is 4.98 Å². The van der Waals surface area contributed by atoms with Gasteiger partial charge in [-0.2, -0.15) is 13.2 Å². The van der Waals surface area contributed by atoms with Crippen molar-refractivity contribution in [3.8, 4) is 0 Å². The van der Waals surface area contributed by atoms with Crippen LogP contribution >= 0.6 is 0 Å². The molecule has 0 aliphatic rings. The van der Waals surface area contributed by atoms with Gasteiger partial charge in [-0.05, 0) is 24.1 Å². The molecule has 4 nitrogen and oxygen atoms in total. The minimum absolute atomic E-state index is 0.0923. The van der Waals surface area contributed by atoms with Gasteiger partial charge in [0.05, 0.1) is 17.3 Å². The minimum Gasteiger partial charge on any atom is -0.301 e. The lowest BCUT2D eigenvalue weighted by Crippen LogP contribution is -2.27. The molecule has 1 unspecified atom stereocenters. The second-order valence-electron chi connectivity index (χ2n) is 5.25. The van der Waals surface area contributed by atoms with Crippen molar-refractivity contribution >= 4 is 0 Å². The topological polar surface area (TPSA) is 50.7 Å². The predicted octanol–water partition coefficient (Wildman–Crippen LogP) is 3.38. The van der Waals surface area contributed by atoms with Crippen molar-refractivity contribution in [1.82, 2.24) is 20.3 Å². The lowest BCUT2D eigenvalue weighted by atomic mass is 10.0. The first-order chi connectivity index (χ1) is 10.4. The number of nitrogens with one attached hydrogen (secondary N) is 1. The second-order valence-corrected chi connectivity index (χ2v) is 5.25. The minimum atomic E-state index is -4.36. The number of aromatic nitrogens is 3. The summed E-state index contributed by atoms with van der Waals surface area (Å²) in [6, 6.07) is 4.05. The Kier molecular flexibility index (Phi) is 5.07. The van der Waals surface area contributed by atoms with Gasteiger partial charge in [-0.15, -0.1) is 0 Å². The average molecular weight is 310 g/mol. The molecule has 0 saturated carbocycles. The fourth-order valence-electron chi connectivity index (χ4n) is 2.01. The van der Waals surface area contributed by atoms with Gasteiger partial charge in [0.25, 0.3) is 0 Å². The van der Waals surface area contributed by atoms with Gasteiger partial charge in [0.15, 0.2) is 0 Å². The Morgan fingerprint density at radius 1 is 1.09 bits per heavy atom. The number of nitrogens with zero attached hydrogens (tertiary/aromatic N) is 3. The molecule has 0 fully saturated rings. The second kappa shape index (κ2) is 6.83. The van der Waals surface area contributed by atoms with Crippen molar-refractivity contribution in [1.29, 1.82) is 0 Å². The predicted molar refractivity (Wildman–Crippen MR) is 75.7 cm³/mol. The maximum Gasteiger partial charge on any atom is 0.417 e. The van der Waals surface area contributed by atoms with Crippen molar-refractivity contribution in [2.45, 2.75) is 32.6 Å². The average Bonchev–Trinajstić information content (AvgIpc) is 2.48. The molecule has 1 N–H and O–H groups in total. The van der Waals surface area contributed by atoms with E-state index in [4.69, 9.17) is 0 Å². The number of hydrogen-bond acceptors (Lipinski definition) is 4. The van der Waals surface area contributed by atoms with Gasteiger partial charge >= 0.3 is 6.18 Å². The standard InChI is InChI=1S/C15H17F3N4/c1-10(2)13(14-19-6-3-7-20-14)22-9-12-5-4-11(8-21-12)15(16,17)18/h3-8,10,13,22H,9H2,1-2H3. The number of hydrogen-bond donors (Lipinski definition) is 1. The van der Waals surface area contributed by atoms with Crippen LogP contribution in [0.2, 0.25) is 0 Å². The van der Waals surface area contributed by atoms with Crippen molar-refractivity contribution in [3.05, 3.63) is 53.9 Å². The lowest BCUT2D eigenvalue weighted by Gasteiger charge is -2.20. The molecule has 2 aromatic rings. The van der Waals surface area contributed by atoms with Gasteiger partial charge in [0.2, 0.25) is 0 Å². The van der Waals surface area contributed by atoms with Gasteiger partial charge in [-0.1, -0.05) is 13.8 Å². The van der Waals surface area contributed by atoms with E-state index in [9.17, 15) is 13.2 Å². The molecular formula is C15H17F3N4. The summed E-state index contributed by atoms with van der Waals surface area (Å²) in [6.45, 7) is 4.39. The molecule has 0 aromatic carbocycles. The van der Waals surface area contributed by atoms with E-state index < -0.39 is 11.7 Å². The number of alkyl halides is 3. The molecule has 2 aromatic heterocycles. The molecule has 0 saturated heterocycles. The van der Waals surface area contributed by atoms with E-state index in [1.165, 1.54) is 6.07 Å². The first-order valence-electron chi connectivity index (χ1n) is 6.90. The number of halogens is 3. The van der Waals surface area contributed by atoms with E-state index in [0.29, 0.717) is 18.1 Å². The quantitative estimate of drug-likeness (QED) is 0.920. The summed E-state index contributed by atoms with van der Waals surface area (Å²) in [5.41, 5.74) is -0.211. The van der Waals surface area contributed by atoms with E-state index in [2.05, 4.69) is 20.3 Å². The Hall–Kier alpha value is -2.02. The van der Waals surface area contributed by atoms with Crippen LogP contribution < -0.4 is 5.32 Å². The zero-order valence-electron chi connectivity index (χ0n) is 12.3. The molecule has 0 spiro atoms. The normalized spacial score (nSPS) is 13.4. The van der Waals surface area contributed by atoms with Crippen molar-refractivity contribution in [2.24, 2.45) is 5.92 Å². The maximum absolute atomic E-state index is 12.5. The zero-order chi connectivity index (χ0) is 16.2. The molecule has 0 radical (unpaired) electrons. The molecule has 0 bridgehead atoms. The lowest BCUT2D eigenvalue weighted by molar-refractivity contribution is -0.137. The molecule has 0 amide bonds. The molecule has 1 atom stereocenters. The molecule has 0 aliphatic heterocycles. The SMILES string of the molecule is CC(C)C(NCc1ccc(C(F)(F)F)cn1)c1ncccn1. The van der Waals surface area contributed by atoms with Crippen molar-refractivity contribution in [3.63, 3.8) is 0 Å². The van der Waals surface area contributed by atoms with Gasteiger partial charge in [-0.25, -0.2) is 9.97 Å². The van der Waals surface area contributed by atoms with Crippen LogP contribution in [-0.2, 0) is 12.7 Å². The van der Waals surface area contributed by atoms with Crippen LogP contribution in [0.4, 0.5) is 13.2 Å². The van der Waals surface area contributed by atoms with Crippen LogP contribution in [-0.4, -0.2) is 15.0 Å². The molecule has 7 heteroatoms. The third-order valence-corrected chi connectivity index (χ3v) is 3.19. The Balaban J connectivity index is 2.04. The van der Waals surface area contributed by atoms with Crippen LogP contribution in [0.1, 0.15) is 37.0 Å². The largest absolute Gasteiger partial charge is 0.417 e. The molecule has 2 rings (SSSR count). The summed E-state index contributed by atoms with van der Waals surface area (Å²) >= 11 is 0. The zero-order valence-corrected chi connectivity index (χ0v) is 12.3. The number of pyridine rings is 1. The van der Waals surface area contributed by atoms with E-state index in [1.807, 2.05) is 13.8 Å². The van der Waals surface area contributed by atoms with Crippen LogP contribution in [0.5, 0.6) is 0 Å². The summed E-state index contributed by atoms with van der Waals surface area (Å²) in [4.78, 5) is 12.3. The van der Waals surface area contributed by atoms with Crippen LogP contribution in [0.15, 0.2) is 36.8 Å². The summed E-state index contributed by atoms with van der Waals surface area (Å²) in [6.07, 6.45) is -0.191. The highest BCUT2D eigenvalue weighted by molar-refractivity contribution is 5.17. The smallest absolute Gasteiger partial charge is 0.301 e. The van der Waals surface area contributed by atoms with Crippen LogP contribution in [0.3, 0.4) is 0 Å². The Morgan fingerprint density at radius 3 is 2.27 bits per heavy atom. The molecule has 118 valence electrons. The third-order valence-electron chi connectivity index (χ3n) is 3.19. The van der Waals surface area contributed by atoms with Gasteiger partial charge in [0.1, 0.15) is 5.82 Å². The first kappa shape index (κ1) is 16.4. The monoisotopic (exact) mass is 310 g/mol. The molecule has 0 aliphatic carbocycles. The number of rotatable bonds is 5. The van der Waals surface area contributed by atoms with Crippen molar-refractivity contribution < 1.29 is 13.2 Å². The van der Waals surface area contributed by atoms with E-state index >= 15 is 0 Å². The maximum atomic E-state index is 12.5. The summed E-state index contributed by atoms with van der Waals surface area (Å²) in [5, 5.41) is 3.24. The van der Waals surface area contributed by atoms with E-state index in [1.54, 1.807) is 18.5 Å². The third kappa shape index (κ3) is 4.24. The molecule has 22 heavy (non-hydrogen) atoms. The highest BCUT2D eigenvalue weighted by Crippen LogP contribution is 2.28. The molecular weight excluding hydrogens is 293 g/mol. The fourth-order valence-corrected chi connectivity index (χ4v) is 2.01. The van der Waals surface area contributed by atoms with Crippen LogP contribution in [0.25, 0.3) is 0 Å².